The average molecular weight is 412 g/mol. The van der Waals surface area contributed by atoms with Gasteiger partial charge in [-0.25, -0.2) is 4.98 Å². The number of hydrogen-bond donors (Lipinski definition) is 0. The molecule has 2 aliphatic heterocycles. The first-order valence-corrected chi connectivity index (χ1v) is 11.3. The second-order valence-corrected chi connectivity index (χ2v) is 9.16. The SMILES string of the molecule is CC1CN(CC2CCCN2C(=O)c2ccc(Sc3ccccn3)cc2)CC(C)O1. The van der Waals surface area contributed by atoms with E-state index in [1.807, 2.05) is 42.5 Å². The fourth-order valence-corrected chi connectivity index (χ4v) is 5.16. The summed E-state index contributed by atoms with van der Waals surface area (Å²) in [4.78, 5) is 23.1. The third-order valence-electron chi connectivity index (χ3n) is 5.56. The molecular weight excluding hydrogens is 382 g/mol. The molecule has 154 valence electrons. The highest BCUT2D eigenvalue weighted by Gasteiger charge is 2.32. The topological polar surface area (TPSA) is 45.7 Å². The lowest BCUT2D eigenvalue weighted by molar-refractivity contribution is -0.0715. The van der Waals surface area contributed by atoms with Crippen molar-refractivity contribution in [3.8, 4) is 0 Å². The van der Waals surface area contributed by atoms with E-state index >= 15 is 0 Å². The number of ether oxygens (including phenoxy) is 1. The molecule has 1 aromatic heterocycles. The van der Waals surface area contributed by atoms with Gasteiger partial charge in [0.2, 0.25) is 0 Å². The van der Waals surface area contributed by atoms with E-state index in [4.69, 9.17) is 4.74 Å². The number of carbonyl (C=O) groups excluding carboxylic acids is 1. The molecule has 6 heteroatoms. The molecule has 2 fully saturated rings. The van der Waals surface area contributed by atoms with Gasteiger partial charge in [-0.1, -0.05) is 17.8 Å². The Morgan fingerprint density at radius 1 is 1.14 bits per heavy atom. The van der Waals surface area contributed by atoms with E-state index in [1.165, 1.54) is 0 Å². The Kier molecular flexibility index (Phi) is 6.53. The lowest BCUT2D eigenvalue weighted by Gasteiger charge is -2.38. The minimum Gasteiger partial charge on any atom is -0.373 e. The molecule has 0 N–H and O–H groups in total. The molecule has 0 bridgehead atoms. The zero-order valence-electron chi connectivity index (χ0n) is 17.2. The number of amides is 1. The van der Waals surface area contributed by atoms with Gasteiger partial charge >= 0.3 is 0 Å². The third-order valence-corrected chi connectivity index (χ3v) is 6.52. The summed E-state index contributed by atoms with van der Waals surface area (Å²) < 4.78 is 5.85. The molecule has 0 saturated carbocycles. The maximum atomic E-state index is 13.2. The van der Waals surface area contributed by atoms with Crippen LogP contribution >= 0.6 is 11.8 Å². The summed E-state index contributed by atoms with van der Waals surface area (Å²) in [6, 6.07) is 14.1. The van der Waals surface area contributed by atoms with Crippen molar-refractivity contribution in [2.24, 2.45) is 0 Å². The number of likely N-dealkylation sites (tertiary alicyclic amines) is 1. The lowest BCUT2D eigenvalue weighted by atomic mass is 10.1. The van der Waals surface area contributed by atoms with Crippen LogP contribution in [0, 0.1) is 0 Å². The Morgan fingerprint density at radius 2 is 1.90 bits per heavy atom. The number of morpholine rings is 1. The van der Waals surface area contributed by atoms with Gasteiger partial charge in [-0.2, -0.15) is 0 Å². The Bertz CT molecular complexity index is 805. The van der Waals surface area contributed by atoms with Crippen LogP contribution in [0.2, 0.25) is 0 Å². The van der Waals surface area contributed by atoms with Crippen molar-refractivity contribution in [2.75, 3.05) is 26.2 Å². The zero-order valence-corrected chi connectivity index (χ0v) is 18.0. The third kappa shape index (κ3) is 5.18. The van der Waals surface area contributed by atoms with Crippen molar-refractivity contribution < 1.29 is 9.53 Å². The summed E-state index contributed by atoms with van der Waals surface area (Å²) in [6.07, 6.45) is 4.48. The van der Waals surface area contributed by atoms with Crippen LogP contribution in [-0.2, 0) is 4.74 Å². The highest BCUT2D eigenvalue weighted by molar-refractivity contribution is 7.99. The van der Waals surface area contributed by atoms with Crippen LogP contribution in [0.1, 0.15) is 37.0 Å². The molecule has 3 atom stereocenters. The summed E-state index contributed by atoms with van der Waals surface area (Å²) >= 11 is 1.61. The number of benzene rings is 1. The van der Waals surface area contributed by atoms with E-state index in [2.05, 4.69) is 28.6 Å². The van der Waals surface area contributed by atoms with E-state index in [0.717, 1.165) is 54.5 Å². The van der Waals surface area contributed by atoms with Gasteiger partial charge < -0.3 is 9.64 Å². The van der Waals surface area contributed by atoms with Gasteiger partial charge in [0.25, 0.3) is 5.91 Å². The molecule has 29 heavy (non-hydrogen) atoms. The molecule has 1 aromatic carbocycles. The van der Waals surface area contributed by atoms with Gasteiger partial charge in [-0.15, -0.1) is 0 Å². The number of rotatable bonds is 5. The maximum absolute atomic E-state index is 13.2. The smallest absolute Gasteiger partial charge is 0.254 e. The largest absolute Gasteiger partial charge is 0.373 e. The molecule has 3 heterocycles. The van der Waals surface area contributed by atoms with Gasteiger partial charge in [0.15, 0.2) is 0 Å². The molecule has 0 aliphatic carbocycles. The van der Waals surface area contributed by atoms with E-state index in [9.17, 15) is 4.79 Å². The summed E-state index contributed by atoms with van der Waals surface area (Å²) in [7, 11) is 0. The minimum absolute atomic E-state index is 0.149. The van der Waals surface area contributed by atoms with Crippen LogP contribution in [0.25, 0.3) is 0 Å². The van der Waals surface area contributed by atoms with Crippen LogP contribution in [-0.4, -0.2) is 65.1 Å². The summed E-state index contributed by atoms with van der Waals surface area (Å²) in [5.41, 5.74) is 0.769. The van der Waals surface area contributed by atoms with E-state index in [0.29, 0.717) is 6.04 Å². The van der Waals surface area contributed by atoms with Crippen LogP contribution in [0.15, 0.2) is 58.6 Å². The van der Waals surface area contributed by atoms with Crippen molar-refractivity contribution >= 4 is 17.7 Å². The van der Waals surface area contributed by atoms with E-state index < -0.39 is 0 Å². The maximum Gasteiger partial charge on any atom is 0.254 e. The molecule has 2 aromatic rings. The summed E-state index contributed by atoms with van der Waals surface area (Å²) in [5, 5.41) is 0.958. The Hall–Kier alpha value is -1.89. The first-order chi connectivity index (χ1) is 14.1. The number of carbonyl (C=O) groups is 1. The van der Waals surface area contributed by atoms with Crippen molar-refractivity contribution in [2.45, 2.75) is 54.9 Å². The number of hydrogen-bond acceptors (Lipinski definition) is 5. The number of nitrogens with zero attached hydrogens (tertiary/aromatic N) is 3. The number of pyridine rings is 1. The van der Waals surface area contributed by atoms with Gasteiger partial charge in [0.1, 0.15) is 5.03 Å². The quantitative estimate of drug-likeness (QED) is 0.746. The first-order valence-electron chi connectivity index (χ1n) is 10.5. The second-order valence-electron chi connectivity index (χ2n) is 8.06. The monoisotopic (exact) mass is 411 g/mol. The molecule has 5 nitrogen and oxygen atoms in total. The van der Waals surface area contributed by atoms with Crippen LogP contribution < -0.4 is 0 Å². The van der Waals surface area contributed by atoms with Crippen molar-refractivity contribution in [1.29, 1.82) is 0 Å². The molecule has 0 spiro atoms. The molecule has 3 unspecified atom stereocenters. The fraction of sp³-hybridized carbons (Fsp3) is 0.478. The van der Waals surface area contributed by atoms with Crippen LogP contribution in [0.3, 0.4) is 0 Å². The Balaban J connectivity index is 1.39. The summed E-state index contributed by atoms with van der Waals surface area (Å²) in [6.45, 7) is 7.95. The predicted octanol–water partition coefficient (Wildman–Crippen LogP) is 3.95. The standard InChI is InChI=1S/C23H29N3O2S/c1-17-14-25(15-18(2)28-17)16-20-6-5-13-26(20)23(27)19-8-10-21(11-9-19)29-22-7-3-4-12-24-22/h3-4,7-12,17-18,20H,5-6,13-16H2,1-2H3. The van der Waals surface area contributed by atoms with Crippen LogP contribution in [0.5, 0.6) is 0 Å². The van der Waals surface area contributed by atoms with E-state index in [-0.39, 0.29) is 18.1 Å². The lowest BCUT2D eigenvalue weighted by Crippen LogP contribution is -2.50. The molecule has 2 aliphatic rings. The van der Waals surface area contributed by atoms with Gasteiger partial charge in [0.05, 0.1) is 12.2 Å². The van der Waals surface area contributed by atoms with Gasteiger partial charge in [-0.3, -0.25) is 9.69 Å². The van der Waals surface area contributed by atoms with Crippen molar-refractivity contribution in [3.63, 3.8) is 0 Å². The van der Waals surface area contributed by atoms with Crippen molar-refractivity contribution in [1.82, 2.24) is 14.8 Å². The fourth-order valence-electron chi connectivity index (χ4n) is 4.38. The Morgan fingerprint density at radius 3 is 2.59 bits per heavy atom. The first kappa shape index (κ1) is 20.4. The van der Waals surface area contributed by atoms with Crippen LogP contribution in [0.4, 0.5) is 0 Å². The summed E-state index contributed by atoms with van der Waals surface area (Å²) in [5.74, 6) is 0.149. The van der Waals surface area contributed by atoms with Crippen molar-refractivity contribution in [3.05, 3.63) is 54.2 Å². The van der Waals surface area contributed by atoms with Gasteiger partial charge in [0, 0.05) is 48.9 Å². The predicted molar refractivity (Wildman–Crippen MR) is 115 cm³/mol. The molecule has 4 rings (SSSR count). The highest BCUT2D eigenvalue weighted by Crippen LogP contribution is 2.27. The average Bonchev–Trinajstić information content (AvgIpc) is 3.16. The number of aromatic nitrogens is 1. The highest BCUT2D eigenvalue weighted by atomic mass is 32.2. The van der Waals surface area contributed by atoms with Gasteiger partial charge in [-0.05, 0) is 63.1 Å². The molecule has 0 radical (unpaired) electrons. The second kappa shape index (κ2) is 9.28. The normalized spacial score (nSPS) is 25.3. The molecular formula is C23H29N3O2S. The van der Waals surface area contributed by atoms with E-state index in [1.54, 1.807) is 18.0 Å². The molecule has 1 amide bonds. The Labute approximate surface area is 177 Å². The molecule has 2 saturated heterocycles. The minimum atomic E-state index is 0.149. The zero-order chi connectivity index (χ0) is 20.2.